The number of aliphatic carboxylic acids is 1. The van der Waals surface area contributed by atoms with Gasteiger partial charge in [0.15, 0.2) is 6.04 Å². The number of aliphatic hydroxyl groups is 1. The van der Waals surface area contributed by atoms with Crippen LogP contribution in [0.3, 0.4) is 0 Å². The average Bonchev–Trinajstić information content (AvgIpc) is 3.07. The first-order valence-electron chi connectivity index (χ1n) is 18.2. The second-order valence-electron chi connectivity index (χ2n) is 12.1. The van der Waals surface area contributed by atoms with E-state index in [1.54, 1.807) is 0 Å². The molecular weight excluding hydrogens is 649 g/mol. The van der Waals surface area contributed by atoms with E-state index in [4.69, 9.17) is 13.8 Å². The Bertz CT molecular complexity index is 1030. The van der Waals surface area contributed by atoms with Gasteiger partial charge in [-0.2, -0.15) is 0 Å². The summed E-state index contributed by atoms with van der Waals surface area (Å²) in [5, 5.41) is 21.6. The number of carboxylic acids is 1. The van der Waals surface area contributed by atoms with Gasteiger partial charge in [0.1, 0.15) is 12.7 Å². The van der Waals surface area contributed by atoms with Gasteiger partial charge >= 0.3 is 19.8 Å². The standard InChI is InChI=1S/C37H64NO10P/c1-3-5-7-9-11-12-13-14-15-16-17-18-19-20-21-22-23-24-26-28-35(40)38-34(37(42)43)32-48-49(44,45)47-31-33(39)30-46-36(41)29-27-25-10-8-6-4-2/h11-12,14-15,17-18,20-21,33-34,39H,3-10,13,16,19,22-32H2,1-2H3,(H,38,40)(H,42,43)(H,44,45)/b12-11-,15-14-,18-17-,21-20-. The molecule has 0 heterocycles. The number of esters is 1. The van der Waals surface area contributed by atoms with E-state index >= 15 is 0 Å². The van der Waals surface area contributed by atoms with Crippen LogP contribution in [0.25, 0.3) is 0 Å². The molecular formula is C37H64NO10P. The summed E-state index contributed by atoms with van der Waals surface area (Å²) in [5.41, 5.74) is 0. The molecule has 0 aromatic carbocycles. The van der Waals surface area contributed by atoms with Crippen molar-refractivity contribution in [3.05, 3.63) is 48.6 Å². The molecule has 0 aromatic heterocycles. The van der Waals surface area contributed by atoms with Gasteiger partial charge in [0.05, 0.1) is 13.2 Å². The van der Waals surface area contributed by atoms with Crippen LogP contribution in [0.2, 0.25) is 0 Å². The number of phosphoric ester groups is 1. The highest BCUT2D eigenvalue weighted by Gasteiger charge is 2.28. The first-order valence-corrected chi connectivity index (χ1v) is 19.7. The molecule has 0 spiro atoms. The van der Waals surface area contributed by atoms with Crippen LogP contribution in [0.15, 0.2) is 48.6 Å². The molecule has 0 saturated carbocycles. The third kappa shape index (κ3) is 32.4. The van der Waals surface area contributed by atoms with Gasteiger partial charge in [-0.1, -0.05) is 114 Å². The number of unbranched alkanes of at least 4 members (excludes halogenated alkanes) is 11. The Hall–Kier alpha value is -2.56. The number of ether oxygens (including phenoxy) is 1. The van der Waals surface area contributed by atoms with Crippen molar-refractivity contribution in [2.45, 2.75) is 148 Å². The molecule has 0 aromatic rings. The number of carbonyl (C=O) groups excluding carboxylic acids is 2. The largest absolute Gasteiger partial charge is 0.480 e. The van der Waals surface area contributed by atoms with E-state index in [2.05, 4.69) is 67.8 Å². The number of aliphatic hydroxyl groups excluding tert-OH is 1. The van der Waals surface area contributed by atoms with Crippen LogP contribution >= 0.6 is 7.82 Å². The van der Waals surface area contributed by atoms with Crippen molar-refractivity contribution in [1.29, 1.82) is 0 Å². The Morgan fingerprint density at radius 3 is 1.71 bits per heavy atom. The number of phosphoric acid groups is 1. The lowest BCUT2D eigenvalue weighted by molar-refractivity contribution is -0.147. The quantitative estimate of drug-likeness (QED) is 0.0225. The van der Waals surface area contributed by atoms with Crippen LogP contribution in [0, 0.1) is 0 Å². The third-order valence-corrected chi connectivity index (χ3v) is 8.32. The SMILES string of the molecule is CCCCC/C=C\C/C=C\C/C=C\C/C=C\CCCCCC(=O)NC(COP(=O)(O)OCC(O)COC(=O)CCCCCCCC)C(=O)O. The van der Waals surface area contributed by atoms with E-state index in [9.17, 15) is 34.1 Å². The number of carbonyl (C=O) groups is 3. The van der Waals surface area contributed by atoms with E-state index in [0.29, 0.717) is 12.8 Å². The van der Waals surface area contributed by atoms with Crippen molar-refractivity contribution >= 4 is 25.7 Å². The van der Waals surface area contributed by atoms with Crippen molar-refractivity contribution in [3.8, 4) is 0 Å². The van der Waals surface area contributed by atoms with Gasteiger partial charge in [-0.15, -0.1) is 0 Å². The topological polar surface area (TPSA) is 169 Å². The molecule has 12 heteroatoms. The zero-order chi connectivity index (χ0) is 36.4. The Morgan fingerprint density at radius 1 is 0.653 bits per heavy atom. The van der Waals surface area contributed by atoms with E-state index in [-0.39, 0.29) is 12.8 Å². The third-order valence-electron chi connectivity index (χ3n) is 7.37. The second-order valence-corrected chi connectivity index (χ2v) is 13.5. The Labute approximate surface area is 294 Å². The molecule has 0 radical (unpaired) electrons. The number of nitrogens with one attached hydrogen (secondary N) is 1. The summed E-state index contributed by atoms with van der Waals surface area (Å²) in [6.45, 7) is 2.42. The Balaban J connectivity index is 4.06. The van der Waals surface area contributed by atoms with Gasteiger partial charge in [-0.3, -0.25) is 18.6 Å². The molecule has 3 unspecified atom stereocenters. The number of carboxylic acid groups (broad SMARTS) is 1. The first kappa shape index (κ1) is 46.4. The molecule has 1 amide bonds. The summed E-state index contributed by atoms with van der Waals surface area (Å²) in [6, 6.07) is -1.56. The molecule has 0 saturated heterocycles. The van der Waals surface area contributed by atoms with Crippen LogP contribution in [0.4, 0.5) is 0 Å². The van der Waals surface area contributed by atoms with Crippen molar-refractivity contribution in [2.24, 2.45) is 0 Å². The fourth-order valence-electron chi connectivity index (χ4n) is 4.47. The van der Waals surface area contributed by atoms with Gasteiger partial charge in [-0.25, -0.2) is 9.36 Å². The predicted molar refractivity (Wildman–Crippen MR) is 194 cm³/mol. The number of hydrogen-bond acceptors (Lipinski definition) is 8. The molecule has 0 aliphatic heterocycles. The van der Waals surface area contributed by atoms with Crippen LogP contribution in [-0.2, 0) is 32.7 Å². The predicted octanol–water partition coefficient (Wildman–Crippen LogP) is 8.27. The lowest BCUT2D eigenvalue weighted by Gasteiger charge is -2.18. The summed E-state index contributed by atoms with van der Waals surface area (Å²) >= 11 is 0. The molecule has 0 rings (SSSR count). The molecule has 4 N–H and O–H groups in total. The number of amides is 1. The number of rotatable bonds is 33. The van der Waals surface area contributed by atoms with Crippen LogP contribution in [0.5, 0.6) is 0 Å². The van der Waals surface area contributed by atoms with Crippen LogP contribution < -0.4 is 5.32 Å². The zero-order valence-corrected chi connectivity index (χ0v) is 30.9. The van der Waals surface area contributed by atoms with Crippen molar-refractivity contribution in [1.82, 2.24) is 5.32 Å². The fraction of sp³-hybridized carbons (Fsp3) is 0.703. The minimum absolute atomic E-state index is 0.107. The summed E-state index contributed by atoms with van der Waals surface area (Å²) in [7, 11) is -4.75. The van der Waals surface area contributed by atoms with E-state index in [1.165, 1.54) is 25.7 Å². The normalized spacial score (nSPS) is 14.5. The van der Waals surface area contributed by atoms with E-state index in [1.807, 2.05) is 0 Å². The minimum Gasteiger partial charge on any atom is -0.480 e. The number of hydrogen-bond donors (Lipinski definition) is 4. The van der Waals surface area contributed by atoms with E-state index < -0.39 is 57.6 Å². The average molecular weight is 714 g/mol. The molecule has 282 valence electrons. The maximum absolute atomic E-state index is 12.2. The molecule has 0 aliphatic carbocycles. The molecule has 0 fully saturated rings. The van der Waals surface area contributed by atoms with Gasteiger partial charge in [0.25, 0.3) is 0 Å². The fourth-order valence-corrected chi connectivity index (χ4v) is 5.24. The highest BCUT2D eigenvalue weighted by Crippen LogP contribution is 2.43. The van der Waals surface area contributed by atoms with E-state index in [0.717, 1.165) is 70.6 Å². The summed E-state index contributed by atoms with van der Waals surface area (Å²) in [5.74, 6) is -2.43. The molecule has 49 heavy (non-hydrogen) atoms. The van der Waals surface area contributed by atoms with Crippen molar-refractivity contribution in [2.75, 3.05) is 19.8 Å². The second kappa shape index (κ2) is 32.6. The molecule has 0 aliphatic rings. The Kier molecular flexibility index (Phi) is 30.9. The maximum Gasteiger partial charge on any atom is 0.472 e. The minimum atomic E-state index is -4.75. The molecule has 11 nitrogen and oxygen atoms in total. The van der Waals surface area contributed by atoms with Gasteiger partial charge in [0, 0.05) is 12.8 Å². The zero-order valence-electron chi connectivity index (χ0n) is 30.0. The summed E-state index contributed by atoms with van der Waals surface area (Å²) < 4.78 is 26.5. The monoisotopic (exact) mass is 713 g/mol. The highest BCUT2D eigenvalue weighted by atomic mass is 31.2. The van der Waals surface area contributed by atoms with Gasteiger partial charge in [0.2, 0.25) is 5.91 Å². The lowest BCUT2D eigenvalue weighted by atomic mass is 10.1. The highest BCUT2D eigenvalue weighted by molar-refractivity contribution is 7.47. The lowest BCUT2D eigenvalue weighted by Crippen LogP contribution is -2.43. The van der Waals surface area contributed by atoms with Gasteiger partial charge < -0.3 is 25.2 Å². The van der Waals surface area contributed by atoms with Crippen LogP contribution in [0.1, 0.15) is 136 Å². The maximum atomic E-state index is 12.2. The van der Waals surface area contributed by atoms with Gasteiger partial charge in [-0.05, 0) is 57.8 Å². The molecule has 3 atom stereocenters. The summed E-state index contributed by atoms with van der Waals surface area (Å²) in [4.78, 5) is 45.4. The smallest absolute Gasteiger partial charge is 0.472 e. The Morgan fingerprint density at radius 2 is 1.12 bits per heavy atom. The summed E-state index contributed by atoms with van der Waals surface area (Å²) in [6.07, 6.45) is 33.2. The van der Waals surface area contributed by atoms with Crippen LogP contribution in [-0.4, -0.2) is 64.9 Å². The van der Waals surface area contributed by atoms with Crippen molar-refractivity contribution < 1.29 is 47.8 Å². The first-order chi connectivity index (χ1) is 23.6. The molecule has 0 bridgehead atoms. The van der Waals surface area contributed by atoms with Crippen molar-refractivity contribution in [3.63, 3.8) is 0 Å². The number of allylic oxidation sites excluding steroid dienone is 8.